The summed E-state index contributed by atoms with van der Waals surface area (Å²) < 4.78 is 61.9. The Morgan fingerprint density at radius 3 is 2.08 bits per heavy atom. The molecule has 1 aliphatic heterocycles. The topological polar surface area (TPSA) is 113 Å². The van der Waals surface area contributed by atoms with E-state index in [2.05, 4.69) is 25.5 Å². The molecule has 0 unspecified atom stereocenters. The molecule has 3 rings (SSSR count). The van der Waals surface area contributed by atoms with Gasteiger partial charge in [0.1, 0.15) is 5.60 Å². The van der Waals surface area contributed by atoms with Crippen molar-refractivity contribution in [1.82, 2.24) is 13.9 Å². The van der Waals surface area contributed by atoms with Crippen molar-refractivity contribution in [2.24, 2.45) is 5.92 Å². The van der Waals surface area contributed by atoms with E-state index in [4.69, 9.17) is 4.74 Å². The number of amides is 1. The Hall–Kier alpha value is -2.47. The van der Waals surface area contributed by atoms with Crippen LogP contribution in [0.4, 0.5) is 4.79 Å². The lowest BCUT2D eigenvalue weighted by Crippen LogP contribution is -2.44. The molecule has 1 heterocycles. The van der Waals surface area contributed by atoms with Crippen LogP contribution in [0.15, 0.2) is 58.3 Å². The van der Waals surface area contributed by atoms with Gasteiger partial charge < -0.3 is 9.64 Å². The van der Waals surface area contributed by atoms with Crippen LogP contribution in [0.1, 0.15) is 65.5 Å². The van der Waals surface area contributed by atoms with Crippen LogP contribution in [0.2, 0.25) is 0 Å². The number of benzene rings is 2. The van der Waals surface area contributed by atoms with Crippen molar-refractivity contribution in [3.05, 3.63) is 59.7 Å². The quantitative estimate of drug-likeness (QED) is 0.474. The fourth-order valence-electron chi connectivity index (χ4n) is 4.45. The first kappa shape index (κ1) is 32.0. The van der Waals surface area contributed by atoms with Gasteiger partial charge in [0.15, 0.2) is 0 Å². The van der Waals surface area contributed by atoms with Crippen LogP contribution in [0.5, 0.6) is 0 Å². The molecular weight excluding hydrogens is 550 g/mol. The number of hydrogen-bond acceptors (Lipinski definition) is 6. The van der Waals surface area contributed by atoms with Gasteiger partial charge in [0.05, 0.1) is 9.79 Å². The Morgan fingerprint density at radius 1 is 0.950 bits per heavy atom. The number of nitrogens with zero attached hydrogens (tertiary/aromatic N) is 2. The zero-order chi connectivity index (χ0) is 29.9. The SMILES string of the molecule is CN(CC1CCN(C(=O)OC(C)(C)C)CC1)S(=O)(=O)c1cccc(S(=O)(=O)NCc2ccc(C(C)(C)C)cc2)c1. The normalized spacial score (nSPS) is 15.8. The van der Waals surface area contributed by atoms with Crippen LogP contribution < -0.4 is 4.72 Å². The van der Waals surface area contributed by atoms with E-state index in [1.165, 1.54) is 35.6 Å². The number of carbonyl (C=O) groups excluding carboxylic acids is 1. The van der Waals surface area contributed by atoms with Gasteiger partial charge in [-0.3, -0.25) is 0 Å². The van der Waals surface area contributed by atoms with Gasteiger partial charge in [-0.25, -0.2) is 30.7 Å². The Kier molecular flexibility index (Phi) is 9.76. The van der Waals surface area contributed by atoms with E-state index in [0.29, 0.717) is 25.9 Å². The molecule has 11 heteroatoms. The van der Waals surface area contributed by atoms with Crippen molar-refractivity contribution in [2.75, 3.05) is 26.7 Å². The number of likely N-dealkylation sites (tertiary alicyclic amines) is 1. The zero-order valence-electron chi connectivity index (χ0n) is 24.6. The van der Waals surface area contributed by atoms with Crippen molar-refractivity contribution in [3.8, 4) is 0 Å². The number of nitrogens with one attached hydrogen (secondary N) is 1. The first-order valence-electron chi connectivity index (χ1n) is 13.5. The molecule has 0 atom stereocenters. The van der Waals surface area contributed by atoms with Gasteiger partial charge in [0.25, 0.3) is 0 Å². The first-order valence-corrected chi connectivity index (χ1v) is 16.4. The van der Waals surface area contributed by atoms with E-state index in [1.807, 2.05) is 45.0 Å². The van der Waals surface area contributed by atoms with Crippen LogP contribution in [0.3, 0.4) is 0 Å². The molecule has 40 heavy (non-hydrogen) atoms. The third kappa shape index (κ3) is 8.52. The maximum atomic E-state index is 13.3. The highest BCUT2D eigenvalue weighted by atomic mass is 32.2. The molecule has 0 bridgehead atoms. The second-order valence-electron chi connectivity index (χ2n) is 12.4. The molecule has 0 saturated carbocycles. The first-order chi connectivity index (χ1) is 18.4. The van der Waals surface area contributed by atoms with Gasteiger partial charge >= 0.3 is 6.09 Å². The van der Waals surface area contributed by atoms with Gasteiger partial charge in [-0.1, -0.05) is 51.1 Å². The second-order valence-corrected chi connectivity index (χ2v) is 16.3. The molecule has 1 fully saturated rings. The fraction of sp³-hybridized carbons (Fsp3) is 0.552. The molecule has 0 aliphatic carbocycles. The van der Waals surface area contributed by atoms with Gasteiger partial charge in [0, 0.05) is 33.2 Å². The standard InChI is InChI=1S/C29H43N3O6S2/c1-28(2,3)24-13-11-22(12-14-24)20-30-39(34,35)25-9-8-10-26(19-25)40(36,37)31(7)21-23-15-17-32(18-16-23)27(33)38-29(4,5)6/h8-14,19,23,30H,15-18,20-21H2,1-7H3. The second kappa shape index (κ2) is 12.2. The van der Waals surface area contributed by atoms with Gasteiger partial charge in [-0.2, -0.15) is 0 Å². The molecule has 1 N–H and O–H groups in total. The van der Waals surface area contributed by atoms with Gasteiger partial charge in [-0.05, 0) is 74.3 Å². The number of rotatable bonds is 8. The van der Waals surface area contributed by atoms with E-state index in [1.54, 1.807) is 4.90 Å². The number of hydrogen-bond donors (Lipinski definition) is 1. The molecular formula is C29H43N3O6S2. The third-order valence-corrected chi connectivity index (χ3v) is 10.1. The predicted octanol–water partition coefficient (Wildman–Crippen LogP) is 4.73. The molecule has 2 aromatic rings. The number of ether oxygens (including phenoxy) is 1. The van der Waals surface area contributed by atoms with Crippen LogP contribution >= 0.6 is 0 Å². The summed E-state index contributed by atoms with van der Waals surface area (Å²) in [5.41, 5.74) is 1.37. The highest BCUT2D eigenvalue weighted by Gasteiger charge is 2.30. The minimum absolute atomic E-state index is 0.00541. The Bertz CT molecular complexity index is 1380. The third-order valence-electron chi connectivity index (χ3n) is 6.89. The van der Waals surface area contributed by atoms with Crippen LogP contribution in [0, 0.1) is 5.92 Å². The van der Waals surface area contributed by atoms with Crippen molar-refractivity contribution >= 4 is 26.1 Å². The average molecular weight is 594 g/mol. The summed E-state index contributed by atoms with van der Waals surface area (Å²) in [6.07, 6.45) is 0.933. The molecule has 1 amide bonds. The monoisotopic (exact) mass is 593 g/mol. The molecule has 0 radical (unpaired) electrons. The number of piperidine rings is 1. The summed E-state index contributed by atoms with van der Waals surface area (Å²) >= 11 is 0. The molecule has 0 aromatic heterocycles. The van der Waals surface area contributed by atoms with Gasteiger partial charge in [0.2, 0.25) is 20.0 Å². The van der Waals surface area contributed by atoms with Crippen molar-refractivity contribution < 1.29 is 26.4 Å². The summed E-state index contributed by atoms with van der Waals surface area (Å²) in [4.78, 5) is 13.8. The van der Waals surface area contributed by atoms with Crippen molar-refractivity contribution in [2.45, 2.75) is 81.7 Å². The van der Waals surface area contributed by atoms with E-state index < -0.39 is 25.6 Å². The Morgan fingerprint density at radius 2 is 1.52 bits per heavy atom. The maximum Gasteiger partial charge on any atom is 0.410 e. The Labute approximate surface area is 240 Å². The summed E-state index contributed by atoms with van der Waals surface area (Å²) in [6, 6.07) is 13.2. The number of carbonyl (C=O) groups is 1. The predicted molar refractivity (Wildman–Crippen MR) is 156 cm³/mol. The highest BCUT2D eigenvalue weighted by molar-refractivity contribution is 7.90. The van der Waals surface area contributed by atoms with E-state index in [9.17, 15) is 21.6 Å². The molecule has 1 saturated heterocycles. The lowest BCUT2D eigenvalue weighted by molar-refractivity contribution is 0.0179. The minimum Gasteiger partial charge on any atom is -0.444 e. The lowest BCUT2D eigenvalue weighted by Gasteiger charge is -2.34. The summed E-state index contributed by atoms with van der Waals surface area (Å²) in [7, 11) is -6.37. The summed E-state index contributed by atoms with van der Waals surface area (Å²) in [5.74, 6) is 0.0664. The smallest absolute Gasteiger partial charge is 0.410 e. The van der Waals surface area contributed by atoms with Crippen molar-refractivity contribution in [1.29, 1.82) is 0 Å². The van der Waals surface area contributed by atoms with E-state index in [0.717, 1.165) is 11.1 Å². The maximum absolute atomic E-state index is 13.3. The highest BCUT2D eigenvalue weighted by Crippen LogP contribution is 2.25. The number of sulfonamides is 2. The summed E-state index contributed by atoms with van der Waals surface area (Å²) in [5, 5.41) is 0. The van der Waals surface area contributed by atoms with E-state index in [-0.39, 0.29) is 40.3 Å². The van der Waals surface area contributed by atoms with Gasteiger partial charge in [-0.15, -0.1) is 0 Å². The average Bonchev–Trinajstić information content (AvgIpc) is 2.86. The largest absolute Gasteiger partial charge is 0.444 e. The van der Waals surface area contributed by atoms with Crippen molar-refractivity contribution in [3.63, 3.8) is 0 Å². The lowest BCUT2D eigenvalue weighted by atomic mass is 9.87. The van der Waals surface area contributed by atoms with Crippen LogP contribution in [-0.2, 0) is 36.7 Å². The molecule has 2 aromatic carbocycles. The fourth-order valence-corrected chi connectivity index (χ4v) is 6.88. The zero-order valence-corrected chi connectivity index (χ0v) is 26.2. The minimum atomic E-state index is -3.94. The molecule has 0 spiro atoms. The van der Waals surface area contributed by atoms with E-state index >= 15 is 0 Å². The van der Waals surface area contributed by atoms with Crippen LogP contribution in [-0.4, -0.2) is 64.4 Å². The molecule has 222 valence electrons. The van der Waals surface area contributed by atoms with Crippen LogP contribution in [0.25, 0.3) is 0 Å². The Balaban J connectivity index is 1.62. The molecule has 1 aliphatic rings. The molecule has 9 nitrogen and oxygen atoms in total. The summed E-state index contributed by atoms with van der Waals surface area (Å²) in [6.45, 7) is 13.1.